The Labute approximate surface area is 145 Å². The van der Waals surface area contributed by atoms with Crippen molar-refractivity contribution in [2.45, 2.75) is 32.9 Å². The number of rotatable bonds is 8. The highest BCUT2D eigenvalue weighted by Crippen LogP contribution is 2.24. The summed E-state index contributed by atoms with van der Waals surface area (Å²) in [6.07, 6.45) is -0.970. The SMILES string of the molecule is C[C@@H](CNC(=O)[C@H](O)C(C)(C)CO)N(C=O)c1cc(Cl)ccc1F. The molecule has 0 aromatic heterocycles. The van der Waals surface area contributed by atoms with Gasteiger partial charge in [0.1, 0.15) is 11.9 Å². The minimum atomic E-state index is -1.41. The van der Waals surface area contributed by atoms with Crippen molar-refractivity contribution >= 4 is 29.6 Å². The molecule has 0 aliphatic rings. The number of nitrogens with zero attached hydrogens (tertiary/aromatic N) is 1. The molecule has 0 spiro atoms. The molecule has 8 heteroatoms. The average molecular weight is 361 g/mol. The second kappa shape index (κ2) is 8.41. The smallest absolute Gasteiger partial charge is 0.249 e. The Bertz CT molecular complexity index is 597. The van der Waals surface area contributed by atoms with Crippen LogP contribution in [-0.2, 0) is 9.59 Å². The number of carbonyl (C=O) groups excluding carboxylic acids is 2. The van der Waals surface area contributed by atoms with Crippen LogP contribution in [-0.4, -0.2) is 47.8 Å². The highest BCUT2D eigenvalue weighted by molar-refractivity contribution is 6.30. The lowest BCUT2D eigenvalue weighted by Crippen LogP contribution is -2.49. The summed E-state index contributed by atoms with van der Waals surface area (Å²) < 4.78 is 13.9. The fraction of sp³-hybridized carbons (Fsp3) is 0.500. The molecule has 3 N–H and O–H groups in total. The van der Waals surface area contributed by atoms with Crippen LogP contribution in [0.3, 0.4) is 0 Å². The van der Waals surface area contributed by atoms with E-state index in [1.165, 1.54) is 12.1 Å². The van der Waals surface area contributed by atoms with E-state index in [1.807, 2.05) is 0 Å². The molecule has 0 heterocycles. The summed E-state index contributed by atoms with van der Waals surface area (Å²) in [5.74, 6) is -1.30. The Hall–Kier alpha value is -1.70. The van der Waals surface area contributed by atoms with E-state index in [1.54, 1.807) is 20.8 Å². The predicted molar refractivity (Wildman–Crippen MR) is 89.3 cm³/mol. The number of carbonyl (C=O) groups is 2. The molecule has 1 rings (SSSR count). The predicted octanol–water partition coefficient (Wildman–Crippen LogP) is 1.33. The van der Waals surface area contributed by atoms with Crippen LogP contribution in [0, 0.1) is 11.2 Å². The lowest BCUT2D eigenvalue weighted by Gasteiger charge is -2.29. The number of aliphatic hydroxyl groups is 2. The second-order valence-corrected chi connectivity index (χ2v) is 6.69. The molecule has 0 radical (unpaired) electrons. The Morgan fingerprint density at radius 2 is 2.12 bits per heavy atom. The standard InChI is InChI=1S/C16H22ClFN2O4/c1-10(7-19-15(24)14(23)16(2,3)8-21)20(9-22)13-6-11(17)4-5-12(13)18/h4-6,9-10,14,21,23H,7-8H2,1-3H3,(H,19,24)/t10-,14-/m0/s1. The summed E-state index contributed by atoms with van der Waals surface area (Å²) in [6, 6.07) is 3.24. The van der Waals surface area contributed by atoms with E-state index in [0.29, 0.717) is 6.41 Å². The fourth-order valence-electron chi connectivity index (χ4n) is 1.97. The van der Waals surface area contributed by atoms with Crippen molar-refractivity contribution in [3.8, 4) is 0 Å². The zero-order valence-corrected chi connectivity index (χ0v) is 14.5. The molecule has 2 amide bonds. The van der Waals surface area contributed by atoms with Crippen molar-refractivity contribution in [2.24, 2.45) is 5.41 Å². The number of hydrogen-bond donors (Lipinski definition) is 3. The first-order valence-electron chi connectivity index (χ1n) is 7.39. The molecule has 0 unspecified atom stereocenters. The van der Waals surface area contributed by atoms with Gasteiger partial charge >= 0.3 is 0 Å². The van der Waals surface area contributed by atoms with Gasteiger partial charge in [0.25, 0.3) is 0 Å². The lowest BCUT2D eigenvalue weighted by atomic mass is 9.87. The number of halogens is 2. The van der Waals surface area contributed by atoms with E-state index < -0.39 is 29.3 Å². The van der Waals surface area contributed by atoms with Gasteiger partial charge in [0.15, 0.2) is 0 Å². The first-order chi connectivity index (χ1) is 11.1. The number of nitrogens with one attached hydrogen (secondary N) is 1. The third-order valence-corrected chi connectivity index (χ3v) is 3.98. The van der Waals surface area contributed by atoms with Crippen molar-refractivity contribution in [2.75, 3.05) is 18.1 Å². The van der Waals surface area contributed by atoms with E-state index >= 15 is 0 Å². The van der Waals surface area contributed by atoms with Gasteiger partial charge in [-0.05, 0) is 25.1 Å². The number of benzene rings is 1. The topological polar surface area (TPSA) is 89.9 Å². The number of hydrogen-bond acceptors (Lipinski definition) is 4. The second-order valence-electron chi connectivity index (χ2n) is 6.25. The molecule has 1 aromatic carbocycles. The molecule has 2 atom stereocenters. The van der Waals surface area contributed by atoms with Crippen molar-refractivity contribution in [1.82, 2.24) is 5.32 Å². The zero-order valence-electron chi connectivity index (χ0n) is 13.8. The molecule has 24 heavy (non-hydrogen) atoms. The van der Waals surface area contributed by atoms with Gasteiger partial charge in [-0.25, -0.2) is 4.39 Å². The quantitative estimate of drug-likeness (QED) is 0.610. The molecule has 0 aliphatic heterocycles. The molecule has 0 bridgehead atoms. The van der Waals surface area contributed by atoms with Gasteiger partial charge < -0.3 is 20.4 Å². The van der Waals surface area contributed by atoms with E-state index in [9.17, 15) is 24.2 Å². The minimum absolute atomic E-state index is 0.00418. The maximum absolute atomic E-state index is 13.9. The zero-order chi connectivity index (χ0) is 18.5. The lowest BCUT2D eigenvalue weighted by molar-refractivity contribution is -0.137. The largest absolute Gasteiger partial charge is 0.396 e. The van der Waals surface area contributed by atoms with Crippen molar-refractivity contribution in [3.63, 3.8) is 0 Å². The van der Waals surface area contributed by atoms with Crippen LogP contribution in [0.1, 0.15) is 20.8 Å². The maximum atomic E-state index is 13.9. The number of anilines is 1. The highest BCUT2D eigenvalue weighted by Gasteiger charge is 2.33. The van der Waals surface area contributed by atoms with E-state index in [-0.39, 0.29) is 23.9 Å². The van der Waals surface area contributed by atoms with E-state index in [4.69, 9.17) is 11.6 Å². The van der Waals surface area contributed by atoms with Gasteiger partial charge in [-0.2, -0.15) is 0 Å². The number of aliphatic hydroxyl groups excluding tert-OH is 2. The van der Waals surface area contributed by atoms with Gasteiger partial charge in [0.2, 0.25) is 12.3 Å². The summed E-state index contributed by atoms with van der Waals surface area (Å²) in [7, 11) is 0. The van der Waals surface area contributed by atoms with Gasteiger partial charge in [0.05, 0.1) is 18.3 Å². The molecule has 1 aromatic rings. The van der Waals surface area contributed by atoms with Crippen LogP contribution >= 0.6 is 11.6 Å². The van der Waals surface area contributed by atoms with E-state index in [0.717, 1.165) is 11.0 Å². The Balaban J connectivity index is 2.78. The average Bonchev–Trinajstić information content (AvgIpc) is 2.55. The molecule has 6 nitrogen and oxygen atoms in total. The summed E-state index contributed by atoms with van der Waals surface area (Å²) in [4.78, 5) is 24.4. The molecule has 0 aliphatic carbocycles. The fourth-order valence-corrected chi connectivity index (χ4v) is 2.13. The maximum Gasteiger partial charge on any atom is 0.249 e. The summed E-state index contributed by atoms with van der Waals surface area (Å²) in [5.41, 5.74) is -1.01. The molecule has 0 fully saturated rings. The van der Waals surface area contributed by atoms with Crippen LogP contribution in [0.2, 0.25) is 5.02 Å². The summed E-state index contributed by atoms with van der Waals surface area (Å²) in [5, 5.41) is 21.9. The molecule has 0 saturated carbocycles. The third-order valence-electron chi connectivity index (χ3n) is 3.74. The van der Waals surface area contributed by atoms with Gasteiger partial charge in [-0.15, -0.1) is 0 Å². The molecular formula is C16H22ClFN2O4. The monoisotopic (exact) mass is 360 g/mol. The van der Waals surface area contributed by atoms with Crippen LogP contribution in [0.15, 0.2) is 18.2 Å². The third kappa shape index (κ3) is 4.90. The first kappa shape index (κ1) is 20.3. The Morgan fingerprint density at radius 1 is 1.50 bits per heavy atom. The van der Waals surface area contributed by atoms with Gasteiger partial charge in [-0.1, -0.05) is 25.4 Å². The number of amides is 2. The highest BCUT2D eigenvalue weighted by atomic mass is 35.5. The minimum Gasteiger partial charge on any atom is -0.396 e. The Morgan fingerprint density at radius 3 is 2.67 bits per heavy atom. The molecular weight excluding hydrogens is 339 g/mol. The Kier molecular flexibility index (Phi) is 7.13. The molecule has 0 saturated heterocycles. The van der Waals surface area contributed by atoms with Crippen LogP contribution in [0.5, 0.6) is 0 Å². The van der Waals surface area contributed by atoms with Crippen LogP contribution < -0.4 is 10.2 Å². The normalized spacial score (nSPS) is 14.0. The van der Waals surface area contributed by atoms with Crippen LogP contribution in [0.4, 0.5) is 10.1 Å². The van der Waals surface area contributed by atoms with Crippen molar-refractivity contribution < 1.29 is 24.2 Å². The van der Waals surface area contributed by atoms with E-state index in [2.05, 4.69) is 5.32 Å². The van der Waals surface area contributed by atoms with Gasteiger partial charge in [-0.3, -0.25) is 9.59 Å². The molecule has 134 valence electrons. The van der Waals surface area contributed by atoms with Crippen molar-refractivity contribution in [1.29, 1.82) is 0 Å². The summed E-state index contributed by atoms with van der Waals surface area (Å²) >= 11 is 5.82. The van der Waals surface area contributed by atoms with Gasteiger partial charge in [0, 0.05) is 17.0 Å². The first-order valence-corrected chi connectivity index (χ1v) is 7.77. The summed E-state index contributed by atoms with van der Waals surface area (Å²) in [6.45, 7) is 4.31. The van der Waals surface area contributed by atoms with Crippen molar-refractivity contribution in [3.05, 3.63) is 29.0 Å². The van der Waals surface area contributed by atoms with Crippen LogP contribution in [0.25, 0.3) is 0 Å².